The van der Waals surface area contributed by atoms with E-state index < -0.39 is 0 Å². The number of amides is 1. The third-order valence-electron chi connectivity index (χ3n) is 5.58. The van der Waals surface area contributed by atoms with Crippen molar-refractivity contribution in [3.05, 3.63) is 46.8 Å². The van der Waals surface area contributed by atoms with E-state index in [2.05, 4.69) is 15.4 Å². The minimum Gasteiger partial charge on any atom is -0.497 e. The monoisotopic (exact) mass is 369 g/mol. The molecule has 2 heterocycles. The van der Waals surface area contributed by atoms with Crippen LogP contribution in [0.5, 0.6) is 5.75 Å². The molecule has 0 radical (unpaired) electrons. The number of aromatic nitrogens is 1. The molecule has 1 amide bonds. The summed E-state index contributed by atoms with van der Waals surface area (Å²) in [6.07, 6.45) is 5.48. The normalized spacial score (nSPS) is 19.7. The highest BCUT2D eigenvalue weighted by atomic mass is 16.5. The summed E-state index contributed by atoms with van der Waals surface area (Å²) in [5, 5.41) is 7.51. The van der Waals surface area contributed by atoms with Gasteiger partial charge in [-0.25, -0.2) is 0 Å². The number of rotatable bonds is 6. The molecule has 0 bridgehead atoms. The van der Waals surface area contributed by atoms with Crippen molar-refractivity contribution in [1.82, 2.24) is 15.4 Å². The van der Waals surface area contributed by atoms with E-state index in [9.17, 15) is 4.79 Å². The van der Waals surface area contributed by atoms with Crippen LogP contribution in [-0.4, -0.2) is 42.2 Å². The number of methoxy groups -OCH3 is 1. The molecule has 144 valence electrons. The highest BCUT2D eigenvalue weighted by Crippen LogP contribution is 2.26. The van der Waals surface area contributed by atoms with Crippen molar-refractivity contribution < 1.29 is 14.1 Å². The van der Waals surface area contributed by atoms with Gasteiger partial charge in [0.15, 0.2) is 0 Å². The van der Waals surface area contributed by atoms with Crippen LogP contribution in [0.1, 0.15) is 41.8 Å². The average molecular weight is 369 g/mol. The first-order chi connectivity index (χ1) is 13.2. The van der Waals surface area contributed by atoms with Gasteiger partial charge in [0.05, 0.1) is 13.5 Å². The Balaban J connectivity index is 1.34. The van der Waals surface area contributed by atoms with Crippen molar-refractivity contribution in [1.29, 1.82) is 0 Å². The Labute approximate surface area is 159 Å². The molecule has 1 saturated heterocycles. The summed E-state index contributed by atoms with van der Waals surface area (Å²) in [5.41, 5.74) is 3.26. The molecule has 1 atom stereocenters. The first kappa shape index (κ1) is 18.0. The molecule has 2 aromatic rings. The van der Waals surface area contributed by atoms with Crippen LogP contribution in [-0.2, 0) is 30.6 Å². The van der Waals surface area contributed by atoms with Crippen molar-refractivity contribution in [2.24, 2.45) is 0 Å². The Morgan fingerprint density at radius 3 is 2.81 bits per heavy atom. The fourth-order valence-electron chi connectivity index (χ4n) is 4.07. The predicted octanol–water partition coefficient (Wildman–Crippen LogP) is 2.50. The van der Waals surface area contributed by atoms with Gasteiger partial charge < -0.3 is 14.6 Å². The first-order valence-corrected chi connectivity index (χ1v) is 9.82. The Morgan fingerprint density at radius 2 is 2.07 bits per heavy atom. The van der Waals surface area contributed by atoms with E-state index in [4.69, 9.17) is 9.26 Å². The number of aryl methyl sites for hydroxylation is 1. The standard InChI is InChI=1S/C21H27N3O3/c1-26-17-7-4-15(5-8-17)12-21(25)22-16-6-9-20-18(13-16)19(23-27-20)14-24-10-2-3-11-24/h4-5,7-8,16H,2-3,6,9-14H2,1H3,(H,22,25). The summed E-state index contributed by atoms with van der Waals surface area (Å²) < 4.78 is 10.7. The first-order valence-electron chi connectivity index (χ1n) is 9.82. The average Bonchev–Trinajstić information content (AvgIpc) is 3.33. The minimum absolute atomic E-state index is 0.0613. The van der Waals surface area contributed by atoms with E-state index in [1.807, 2.05) is 24.3 Å². The van der Waals surface area contributed by atoms with Crippen molar-refractivity contribution in [3.63, 3.8) is 0 Å². The van der Waals surface area contributed by atoms with Crippen LogP contribution in [0.4, 0.5) is 0 Å². The number of benzene rings is 1. The van der Waals surface area contributed by atoms with Gasteiger partial charge in [0.2, 0.25) is 5.91 Å². The number of nitrogens with zero attached hydrogens (tertiary/aromatic N) is 2. The molecule has 2 aliphatic rings. The van der Waals surface area contributed by atoms with E-state index >= 15 is 0 Å². The van der Waals surface area contributed by atoms with Gasteiger partial charge in [-0.2, -0.15) is 0 Å². The summed E-state index contributed by atoms with van der Waals surface area (Å²) in [4.78, 5) is 14.9. The topological polar surface area (TPSA) is 67.6 Å². The molecule has 1 aliphatic heterocycles. The number of carbonyl (C=O) groups is 1. The Bertz CT molecular complexity index is 778. The third kappa shape index (κ3) is 4.33. The second kappa shape index (κ2) is 8.13. The summed E-state index contributed by atoms with van der Waals surface area (Å²) in [7, 11) is 1.64. The van der Waals surface area contributed by atoms with Crippen molar-refractivity contribution in [2.45, 2.75) is 51.1 Å². The smallest absolute Gasteiger partial charge is 0.224 e. The van der Waals surface area contributed by atoms with Gasteiger partial charge >= 0.3 is 0 Å². The van der Waals surface area contributed by atoms with Gasteiger partial charge in [0.25, 0.3) is 0 Å². The molecule has 1 aromatic carbocycles. The van der Waals surface area contributed by atoms with E-state index in [1.165, 1.54) is 18.4 Å². The molecular weight excluding hydrogens is 342 g/mol. The number of ether oxygens (including phenoxy) is 1. The molecule has 1 unspecified atom stereocenters. The fourth-order valence-corrected chi connectivity index (χ4v) is 4.07. The van der Waals surface area contributed by atoms with Gasteiger partial charge in [-0.15, -0.1) is 0 Å². The summed E-state index contributed by atoms with van der Waals surface area (Å²) >= 11 is 0. The minimum atomic E-state index is 0.0613. The SMILES string of the molecule is COc1ccc(CC(=O)NC2CCc3onc(CN4CCCC4)c3C2)cc1. The zero-order valence-electron chi connectivity index (χ0n) is 15.9. The molecule has 6 heteroatoms. The van der Waals surface area contributed by atoms with E-state index in [1.54, 1.807) is 7.11 Å². The molecule has 6 nitrogen and oxygen atoms in total. The molecule has 0 spiro atoms. The van der Waals surface area contributed by atoms with E-state index in [0.717, 1.165) is 61.7 Å². The van der Waals surface area contributed by atoms with Crippen LogP contribution in [0, 0.1) is 0 Å². The van der Waals surface area contributed by atoms with Gasteiger partial charge in [0, 0.05) is 24.6 Å². The lowest BCUT2D eigenvalue weighted by Gasteiger charge is -2.23. The Hall–Kier alpha value is -2.34. The third-order valence-corrected chi connectivity index (χ3v) is 5.58. The summed E-state index contributed by atoms with van der Waals surface area (Å²) in [5.74, 6) is 1.87. The molecule has 0 saturated carbocycles. The molecule has 1 N–H and O–H groups in total. The van der Waals surface area contributed by atoms with Crippen molar-refractivity contribution in [3.8, 4) is 5.75 Å². The van der Waals surface area contributed by atoms with Crippen LogP contribution in [0.25, 0.3) is 0 Å². The predicted molar refractivity (Wildman–Crippen MR) is 102 cm³/mol. The Kier molecular flexibility index (Phi) is 5.43. The largest absolute Gasteiger partial charge is 0.497 e. The van der Waals surface area contributed by atoms with Crippen LogP contribution >= 0.6 is 0 Å². The van der Waals surface area contributed by atoms with Crippen LogP contribution < -0.4 is 10.1 Å². The number of fused-ring (bicyclic) bond motifs is 1. The lowest BCUT2D eigenvalue weighted by Crippen LogP contribution is -2.39. The molecular formula is C21H27N3O3. The quantitative estimate of drug-likeness (QED) is 0.847. The summed E-state index contributed by atoms with van der Waals surface area (Å²) in [6.45, 7) is 3.15. The highest BCUT2D eigenvalue weighted by Gasteiger charge is 2.27. The number of hydrogen-bond donors (Lipinski definition) is 1. The lowest BCUT2D eigenvalue weighted by molar-refractivity contribution is -0.121. The second-order valence-electron chi connectivity index (χ2n) is 7.55. The number of hydrogen-bond acceptors (Lipinski definition) is 5. The number of likely N-dealkylation sites (tertiary alicyclic amines) is 1. The molecule has 1 aliphatic carbocycles. The maximum atomic E-state index is 12.5. The highest BCUT2D eigenvalue weighted by molar-refractivity contribution is 5.79. The summed E-state index contributed by atoms with van der Waals surface area (Å²) in [6, 6.07) is 7.80. The fraction of sp³-hybridized carbons (Fsp3) is 0.524. The number of carbonyl (C=O) groups excluding carboxylic acids is 1. The van der Waals surface area contributed by atoms with Crippen molar-refractivity contribution in [2.75, 3.05) is 20.2 Å². The maximum absolute atomic E-state index is 12.5. The van der Waals surface area contributed by atoms with Crippen LogP contribution in [0.3, 0.4) is 0 Å². The molecule has 4 rings (SSSR count). The van der Waals surface area contributed by atoms with Crippen LogP contribution in [0.15, 0.2) is 28.8 Å². The van der Waals surface area contributed by atoms with Gasteiger partial charge in [-0.3, -0.25) is 9.69 Å². The Morgan fingerprint density at radius 1 is 1.30 bits per heavy atom. The van der Waals surface area contributed by atoms with E-state index in [0.29, 0.717) is 6.42 Å². The van der Waals surface area contributed by atoms with E-state index in [-0.39, 0.29) is 11.9 Å². The van der Waals surface area contributed by atoms with Gasteiger partial charge in [-0.1, -0.05) is 17.3 Å². The second-order valence-corrected chi connectivity index (χ2v) is 7.55. The zero-order chi connectivity index (χ0) is 18.6. The van der Waals surface area contributed by atoms with Crippen molar-refractivity contribution >= 4 is 5.91 Å². The lowest BCUT2D eigenvalue weighted by atomic mass is 9.91. The molecule has 1 aromatic heterocycles. The molecule has 1 fully saturated rings. The van der Waals surface area contributed by atoms with Crippen LogP contribution in [0.2, 0.25) is 0 Å². The van der Waals surface area contributed by atoms with Gasteiger partial charge in [-0.05, 0) is 56.5 Å². The molecule has 27 heavy (non-hydrogen) atoms. The zero-order valence-corrected chi connectivity index (χ0v) is 15.9. The number of nitrogens with one attached hydrogen (secondary N) is 1. The maximum Gasteiger partial charge on any atom is 0.224 e. The van der Waals surface area contributed by atoms with Gasteiger partial charge in [0.1, 0.15) is 17.2 Å².